The minimum Gasteiger partial charge on any atom is -0.396 e. The van der Waals surface area contributed by atoms with Crippen molar-refractivity contribution in [3.8, 4) is 5.00 Å². The van der Waals surface area contributed by atoms with Gasteiger partial charge in [0.15, 0.2) is 0 Å². The topological polar surface area (TPSA) is 54.3 Å². The molecule has 2 heterocycles. The molecular formula is C14H18N2O2S. The average molecular weight is 278 g/mol. The van der Waals surface area contributed by atoms with Gasteiger partial charge in [-0.25, -0.2) is 0 Å². The first kappa shape index (κ1) is 13.8. The Kier molecular flexibility index (Phi) is 4.76. The second kappa shape index (κ2) is 6.54. The van der Waals surface area contributed by atoms with E-state index in [1.165, 1.54) is 0 Å². The number of hydrogen-bond acceptors (Lipinski definition) is 3. The van der Waals surface area contributed by atoms with Gasteiger partial charge in [-0.05, 0) is 38.0 Å². The minimum absolute atomic E-state index is 0.0500. The number of nitrogens with one attached hydrogen (secondary N) is 1. The van der Waals surface area contributed by atoms with Gasteiger partial charge in [-0.2, -0.15) is 0 Å². The molecule has 0 atom stereocenters. The molecule has 2 N–H and O–H groups in total. The number of hydrogen-bond donors (Lipinski definition) is 2. The van der Waals surface area contributed by atoms with E-state index in [4.69, 9.17) is 5.11 Å². The lowest BCUT2D eigenvalue weighted by molar-refractivity contribution is 0.0952. The predicted molar refractivity (Wildman–Crippen MR) is 77.0 cm³/mol. The van der Waals surface area contributed by atoms with Crippen LogP contribution in [0.4, 0.5) is 0 Å². The van der Waals surface area contributed by atoms with E-state index < -0.39 is 0 Å². The van der Waals surface area contributed by atoms with Gasteiger partial charge in [0.05, 0.1) is 5.56 Å². The molecule has 0 spiro atoms. The van der Waals surface area contributed by atoms with Gasteiger partial charge in [-0.15, -0.1) is 11.3 Å². The summed E-state index contributed by atoms with van der Waals surface area (Å²) in [6, 6.07) is 5.80. The summed E-state index contributed by atoms with van der Waals surface area (Å²) >= 11 is 1.61. The number of aromatic nitrogens is 1. The van der Waals surface area contributed by atoms with Crippen molar-refractivity contribution in [1.82, 2.24) is 9.88 Å². The Morgan fingerprint density at radius 1 is 1.37 bits per heavy atom. The fraction of sp³-hybridized carbons (Fsp3) is 0.357. The third kappa shape index (κ3) is 3.45. The van der Waals surface area contributed by atoms with Crippen LogP contribution in [-0.4, -0.2) is 28.7 Å². The molecule has 2 rings (SSSR count). The highest BCUT2D eigenvalue weighted by Crippen LogP contribution is 2.26. The van der Waals surface area contributed by atoms with Gasteiger partial charge in [0.1, 0.15) is 5.00 Å². The quantitative estimate of drug-likeness (QED) is 0.797. The molecule has 0 aromatic carbocycles. The van der Waals surface area contributed by atoms with Gasteiger partial charge in [0.2, 0.25) is 0 Å². The molecule has 2 aromatic rings. The van der Waals surface area contributed by atoms with Crippen molar-refractivity contribution in [3.05, 3.63) is 41.0 Å². The van der Waals surface area contributed by atoms with Crippen molar-refractivity contribution < 1.29 is 9.90 Å². The van der Waals surface area contributed by atoms with Crippen LogP contribution < -0.4 is 5.32 Å². The van der Waals surface area contributed by atoms with Crippen LogP contribution in [0, 0.1) is 6.92 Å². The Morgan fingerprint density at radius 3 is 2.79 bits per heavy atom. The summed E-state index contributed by atoms with van der Waals surface area (Å²) in [5, 5.41) is 12.5. The van der Waals surface area contributed by atoms with Crippen LogP contribution in [0.5, 0.6) is 0 Å². The number of thiophene rings is 1. The Balaban J connectivity index is 2.09. The van der Waals surface area contributed by atoms with Crippen molar-refractivity contribution >= 4 is 17.2 Å². The number of aliphatic hydroxyl groups is 1. The van der Waals surface area contributed by atoms with Crippen molar-refractivity contribution in [3.63, 3.8) is 0 Å². The van der Waals surface area contributed by atoms with Crippen LogP contribution >= 0.6 is 11.3 Å². The van der Waals surface area contributed by atoms with E-state index in [-0.39, 0.29) is 12.5 Å². The van der Waals surface area contributed by atoms with Crippen LogP contribution in [0.25, 0.3) is 5.00 Å². The molecule has 19 heavy (non-hydrogen) atoms. The Morgan fingerprint density at radius 2 is 2.11 bits per heavy atom. The monoisotopic (exact) mass is 278 g/mol. The molecule has 0 radical (unpaired) electrons. The maximum atomic E-state index is 12.2. The summed E-state index contributed by atoms with van der Waals surface area (Å²) in [4.78, 5) is 13.3. The molecule has 0 aliphatic rings. The summed E-state index contributed by atoms with van der Waals surface area (Å²) < 4.78 is 1.96. The number of amides is 1. The Labute approximate surface area is 116 Å². The van der Waals surface area contributed by atoms with E-state index >= 15 is 0 Å². The molecule has 0 fully saturated rings. The number of rotatable bonds is 6. The zero-order valence-electron chi connectivity index (χ0n) is 10.9. The maximum absolute atomic E-state index is 12.2. The molecule has 0 aliphatic heterocycles. The predicted octanol–water partition coefficient (Wildman–Crippen LogP) is 2.35. The van der Waals surface area contributed by atoms with Crippen LogP contribution in [0.15, 0.2) is 30.6 Å². The first-order valence-corrected chi connectivity index (χ1v) is 7.17. The highest BCUT2D eigenvalue weighted by molar-refractivity contribution is 7.14. The molecule has 0 unspecified atom stereocenters. The zero-order chi connectivity index (χ0) is 13.7. The minimum atomic E-state index is -0.0500. The number of unbranched alkanes of at least 4 members (excludes halogenated alkanes) is 1. The second-order valence-corrected chi connectivity index (χ2v) is 5.59. The highest BCUT2D eigenvalue weighted by Gasteiger charge is 2.15. The molecule has 0 aliphatic carbocycles. The maximum Gasteiger partial charge on any atom is 0.254 e. The molecule has 0 saturated heterocycles. The number of carbonyl (C=O) groups excluding carboxylic acids is 1. The van der Waals surface area contributed by atoms with Crippen molar-refractivity contribution in [2.24, 2.45) is 0 Å². The molecule has 102 valence electrons. The molecule has 2 aromatic heterocycles. The zero-order valence-corrected chi connectivity index (χ0v) is 11.7. The van der Waals surface area contributed by atoms with Crippen LogP contribution in [0.2, 0.25) is 0 Å². The summed E-state index contributed by atoms with van der Waals surface area (Å²) in [6.45, 7) is 2.77. The first-order valence-electron chi connectivity index (χ1n) is 6.35. The van der Waals surface area contributed by atoms with Crippen molar-refractivity contribution in [1.29, 1.82) is 0 Å². The largest absolute Gasteiger partial charge is 0.396 e. The lowest BCUT2D eigenvalue weighted by atomic mass is 10.2. The van der Waals surface area contributed by atoms with Gasteiger partial charge in [0.25, 0.3) is 5.91 Å². The number of aryl methyl sites for hydroxylation is 1. The second-order valence-electron chi connectivity index (χ2n) is 4.35. The molecular weight excluding hydrogens is 260 g/mol. The lowest BCUT2D eigenvalue weighted by Gasteiger charge is -2.06. The van der Waals surface area contributed by atoms with Gasteiger partial charge in [-0.1, -0.05) is 0 Å². The van der Waals surface area contributed by atoms with Crippen molar-refractivity contribution in [2.45, 2.75) is 19.8 Å². The van der Waals surface area contributed by atoms with Crippen LogP contribution in [0.1, 0.15) is 28.1 Å². The lowest BCUT2D eigenvalue weighted by Crippen LogP contribution is -2.25. The average Bonchev–Trinajstić information content (AvgIpc) is 3.02. The molecule has 0 saturated carbocycles. The van der Waals surface area contributed by atoms with Crippen molar-refractivity contribution in [2.75, 3.05) is 13.2 Å². The van der Waals surface area contributed by atoms with E-state index in [1.807, 2.05) is 42.1 Å². The van der Waals surface area contributed by atoms with Crippen LogP contribution in [0.3, 0.4) is 0 Å². The van der Waals surface area contributed by atoms with E-state index in [0.29, 0.717) is 18.5 Å². The van der Waals surface area contributed by atoms with Gasteiger partial charge < -0.3 is 15.0 Å². The number of nitrogens with zero attached hydrogens (tertiary/aromatic N) is 1. The fourth-order valence-corrected chi connectivity index (χ4v) is 2.83. The molecule has 0 bridgehead atoms. The Bertz CT molecular complexity index is 532. The highest BCUT2D eigenvalue weighted by atomic mass is 32.1. The SMILES string of the molecule is Cc1cc(C(=O)NCCCCO)c(-n2cccc2)s1. The molecule has 1 amide bonds. The van der Waals surface area contributed by atoms with E-state index in [0.717, 1.165) is 16.3 Å². The summed E-state index contributed by atoms with van der Waals surface area (Å²) in [5.41, 5.74) is 0.711. The number of carbonyl (C=O) groups is 1. The van der Waals surface area contributed by atoms with Crippen LogP contribution in [-0.2, 0) is 0 Å². The molecule has 4 nitrogen and oxygen atoms in total. The molecule has 5 heteroatoms. The summed E-state index contributed by atoms with van der Waals surface area (Å²) in [5.74, 6) is -0.0500. The standard InChI is InChI=1S/C14H18N2O2S/c1-11-10-12(13(18)15-6-2-5-9-17)14(19-11)16-7-3-4-8-16/h3-4,7-8,10,17H,2,5-6,9H2,1H3,(H,15,18). The van der Waals surface area contributed by atoms with E-state index in [9.17, 15) is 4.79 Å². The van der Waals surface area contributed by atoms with E-state index in [2.05, 4.69) is 5.32 Å². The third-order valence-electron chi connectivity index (χ3n) is 2.79. The third-order valence-corrected chi connectivity index (χ3v) is 3.85. The smallest absolute Gasteiger partial charge is 0.254 e. The normalized spacial score (nSPS) is 10.6. The Hall–Kier alpha value is -1.59. The summed E-state index contributed by atoms with van der Waals surface area (Å²) in [6.07, 6.45) is 5.39. The number of aliphatic hydroxyl groups excluding tert-OH is 1. The van der Waals surface area contributed by atoms with Gasteiger partial charge in [0, 0.05) is 30.4 Å². The van der Waals surface area contributed by atoms with E-state index in [1.54, 1.807) is 11.3 Å². The first-order chi connectivity index (χ1) is 9.22. The van der Waals surface area contributed by atoms with Gasteiger partial charge >= 0.3 is 0 Å². The van der Waals surface area contributed by atoms with Gasteiger partial charge in [-0.3, -0.25) is 4.79 Å². The summed E-state index contributed by atoms with van der Waals surface area (Å²) in [7, 11) is 0. The fourth-order valence-electron chi connectivity index (χ4n) is 1.86.